The summed E-state index contributed by atoms with van der Waals surface area (Å²) in [5, 5.41) is 3.17. The van der Waals surface area contributed by atoms with Crippen molar-refractivity contribution in [3.05, 3.63) is 28.8 Å². The van der Waals surface area contributed by atoms with Crippen molar-refractivity contribution in [1.82, 2.24) is 10.0 Å². The Labute approximate surface area is 148 Å². The van der Waals surface area contributed by atoms with Gasteiger partial charge in [0, 0.05) is 17.6 Å². The van der Waals surface area contributed by atoms with E-state index in [1.54, 1.807) is 6.07 Å². The SMILES string of the molecule is C[C@H]1CCCC[C@@H]1NC(=O)c1ccc(Cl)c(S(=O)(=O)NC2CC2)c1. The van der Waals surface area contributed by atoms with Crippen LogP contribution in [-0.2, 0) is 10.0 Å². The van der Waals surface area contributed by atoms with E-state index in [1.807, 2.05) is 0 Å². The fourth-order valence-electron chi connectivity index (χ4n) is 3.12. The maximum Gasteiger partial charge on any atom is 0.251 e. The van der Waals surface area contributed by atoms with E-state index in [1.165, 1.54) is 18.6 Å². The highest BCUT2D eigenvalue weighted by Gasteiger charge is 2.30. The predicted molar refractivity (Wildman–Crippen MR) is 93.7 cm³/mol. The number of halogens is 1. The smallest absolute Gasteiger partial charge is 0.251 e. The zero-order chi connectivity index (χ0) is 17.3. The van der Waals surface area contributed by atoms with Gasteiger partial charge in [-0.05, 0) is 49.8 Å². The minimum absolute atomic E-state index is 0.00774. The van der Waals surface area contributed by atoms with E-state index < -0.39 is 10.0 Å². The van der Waals surface area contributed by atoms with Gasteiger partial charge in [-0.25, -0.2) is 13.1 Å². The molecule has 0 aliphatic heterocycles. The van der Waals surface area contributed by atoms with Gasteiger partial charge in [-0.15, -0.1) is 0 Å². The van der Waals surface area contributed by atoms with Gasteiger partial charge in [0.15, 0.2) is 0 Å². The number of rotatable bonds is 5. The Hall–Kier alpha value is -1.11. The van der Waals surface area contributed by atoms with Crippen molar-refractivity contribution < 1.29 is 13.2 Å². The zero-order valence-electron chi connectivity index (χ0n) is 13.7. The lowest BCUT2D eigenvalue weighted by Gasteiger charge is -2.29. The summed E-state index contributed by atoms with van der Waals surface area (Å²) in [5.41, 5.74) is 0.327. The van der Waals surface area contributed by atoms with Crippen LogP contribution in [0.4, 0.5) is 0 Å². The first-order valence-electron chi connectivity index (χ1n) is 8.49. The van der Waals surface area contributed by atoms with Gasteiger partial charge in [-0.1, -0.05) is 31.4 Å². The molecule has 24 heavy (non-hydrogen) atoms. The molecule has 2 aliphatic rings. The number of hydrogen-bond acceptors (Lipinski definition) is 3. The Kier molecular flexibility index (Phi) is 5.18. The summed E-state index contributed by atoms with van der Waals surface area (Å²) in [6.45, 7) is 2.14. The van der Waals surface area contributed by atoms with Gasteiger partial charge in [0.2, 0.25) is 10.0 Å². The second kappa shape index (κ2) is 7.02. The van der Waals surface area contributed by atoms with Crippen molar-refractivity contribution in [2.24, 2.45) is 5.92 Å². The van der Waals surface area contributed by atoms with E-state index in [9.17, 15) is 13.2 Å². The van der Waals surface area contributed by atoms with Crippen molar-refractivity contribution in [3.63, 3.8) is 0 Å². The lowest BCUT2D eigenvalue weighted by molar-refractivity contribution is 0.0910. The lowest BCUT2D eigenvalue weighted by Crippen LogP contribution is -2.41. The summed E-state index contributed by atoms with van der Waals surface area (Å²) in [7, 11) is -3.69. The molecular formula is C17H23ClN2O3S. The van der Waals surface area contributed by atoms with Crippen LogP contribution in [0.1, 0.15) is 55.8 Å². The number of sulfonamides is 1. The van der Waals surface area contributed by atoms with Gasteiger partial charge in [0.25, 0.3) is 5.91 Å². The summed E-state index contributed by atoms with van der Waals surface area (Å²) >= 11 is 6.05. The molecule has 2 saturated carbocycles. The molecule has 0 saturated heterocycles. The molecule has 1 amide bonds. The number of benzene rings is 1. The summed E-state index contributed by atoms with van der Waals surface area (Å²) in [5.74, 6) is 0.197. The Balaban J connectivity index is 1.78. The van der Waals surface area contributed by atoms with Crippen LogP contribution in [-0.4, -0.2) is 26.4 Å². The third-order valence-electron chi connectivity index (χ3n) is 4.81. The second-order valence-corrected chi connectivity index (χ2v) is 8.97. The van der Waals surface area contributed by atoms with Crippen LogP contribution in [0, 0.1) is 5.92 Å². The Morgan fingerprint density at radius 2 is 1.88 bits per heavy atom. The molecule has 3 rings (SSSR count). The third kappa shape index (κ3) is 4.10. The molecule has 7 heteroatoms. The molecule has 0 heterocycles. The van der Waals surface area contributed by atoms with Crippen molar-refractivity contribution in [3.8, 4) is 0 Å². The average Bonchev–Trinajstić information content (AvgIpc) is 3.33. The van der Waals surface area contributed by atoms with E-state index in [0.717, 1.165) is 32.1 Å². The first-order valence-corrected chi connectivity index (χ1v) is 10.4. The van der Waals surface area contributed by atoms with Crippen LogP contribution in [0.3, 0.4) is 0 Å². The minimum atomic E-state index is -3.69. The highest BCUT2D eigenvalue weighted by molar-refractivity contribution is 7.89. The zero-order valence-corrected chi connectivity index (χ0v) is 15.3. The minimum Gasteiger partial charge on any atom is -0.349 e. The van der Waals surface area contributed by atoms with Gasteiger partial charge in [0.05, 0.1) is 5.02 Å². The quantitative estimate of drug-likeness (QED) is 0.836. The summed E-state index contributed by atoms with van der Waals surface area (Å²) in [6, 6.07) is 4.55. The summed E-state index contributed by atoms with van der Waals surface area (Å²) in [6.07, 6.45) is 6.07. The third-order valence-corrected chi connectivity index (χ3v) is 6.81. The van der Waals surface area contributed by atoms with E-state index in [0.29, 0.717) is 11.5 Å². The Morgan fingerprint density at radius 1 is 1.17 bits per heavy atom. The van der Waals surface area contributed by atoms with Gasteiger partial charge in [0.1, 0.15) is 4.90 Å². The van der Waals surface area contributed by atoms with E-state index in [2.05, 4.69) is 17.0 Å². The Bertz CT molecular complexity index is 731. The molecule has 2 N–H and O–H groups in total. The van der Waals surface area contributed by atoms with E-state index >= 15 is 0 Å². The van der Waals surface area contributed by atoms with Crippen molar-refractivity contribution in [2.75, 3.05) is 0 Å². The molecule has 0 aromatic heterocycles. The van der Waals surface area contributed by atoms with E-state index in [-0.39, 0.29) is 27.9 Å². The van der Waals surface area contributed by atoms with Crippen LogP contribution >= 0.6 is 11.6 Å². The molecule has 0 radical (unpaired) electrons. The van der Waals surface area contributed by atoms with Crippen LogP contribution < -0.4 is 10.0 Å². The second-order valence-electron chi connectivity index (χ2n) is 6.88. The van der Waals surface area contributed by atoms with Gasteiger partial charge < -0.3 is 5.32 Å². The molecule has 0 spiro atoms. The molecule has 1 aromatic rings. The molecule has 0 bridgehead atoms. The predicted octanol–water partition coefficient (Wildman–Crippen LogP) is 3.09. The summed E-state index contributed by atoms with van der Waals surface area (Å²) < 4.78 is 27.4. The normalized spacial score (nSPS) is 24.6. The monoisotopic (exact) mass is 370 g/mol. The number of carbonyl (C=O) groups is 1. The van der Waals surface area contributed by atoms with Crippen molar-refractivity contribution >= 4 is 27.5 Å². The molecule has 2 fully saturated rings. The molecule has 2 aliphatic carbocycles. The first kappa shape index (κ1) is 17.7. The average molecular weight is 371 g/mol. The van der Waals surface area contributed by atoms with Crippen LogP contribution in [0.25, 0.3) is 0 Å². The van der Waals surface area contributed by atoms with Crippen molar-refractivity contribution in [1.29, 1.82) is 0 Å². The van der Waals surface area contributed by atoms with Crippen LogP contribution in [0.5, 0.6) is 0 Å². The van der Waals surface area contributed by atoms with Gasteiger partial charge in [-0.3, -0.25) is 4.79 Å². The van der Waals surface area contributed by atoms with Gasteiger partial charge in [-0.2, -0.15) is 0 Å². The first-order chi connectivity index (χ1) is 11.4. The number of nitrogens with one attached hydrogen (secondary N) is 2. The highest BCUT2D eigenvalue weighted by Crippen LogP contribution is 2.28. The largest absolute Gasteiger partial charge is 0.349 e. The molecular weight excluding hydrogens is 348 g/mol. The summed E-state index contributed by atoms with van der Waals surface area (Å²) in [4.78, 5) is 12.5. The highest BCUT2D eigenvalue weighted by atomic mass is 35.5. The van der Waals surface area contributed by atoms with Crippen molar-refractivity contribution in [2.45, 2.75) is 62.4 Å². The Morgan fingerprint density at radius 3 is 2.54 bits per heavy atom. The van der Waals surface area contributed by atoms with Crippen LogP contribution in [0.15, 0.2) is 23.1 Å². The molecule has 1 aromatic carbocycles. The maximum atomic E-state index is 12.5. The molecule has 2 atom stereocenters. The fourth-order valence-corrected chi connectivity index (χ4v) is 4.95. The standard InChI is InChI=1S/C17H23ClN2O3S/c1-11-4-2-3-5-15(11)19-17(21)12-6-9-14(18)16(10-12)24(22,23)20-13-7-8-13/h6,9-11,13,15,20H,2-5,7-8H2,1H3,(H,19,21)/t11-,15-/m0/s1. The topological polar surface area (TPSA) is 75.3 Å². The van der Waals surface area contributed by atoms with E-state index in [4.69, 9.17) is 11.6 Å². The number of amides is 1. The molecule has 5 nitrogen and oxygen atoms in total. The lowest BCUT2D eigenvalue weighted by atomic mass is 9.86. The molecule has 132 valence electrons. The number of carbonyl (C=O) groups excluding carboxylic acids is 1. The number of hydrogen-bond donors (Lipinski definition) is 2. The van der Waals surface area contributed by atoms with Crippen LogP contribution in [0.2, 0.25) is 5.02 Å². The fraction of sp³-hybridized carbons (Fsp3) is 0.588. The maximum absolute atomic E-state index is 12.5. The molecule has 0 unspecified atom stereocenters. The van der Waals surface area contributed by atoms with Gasteiger partial charge >= 0.3 is 0 Å².